The van der Waals surface area contributed by atoms with Crippen LogP contribution >= 0.6 is 23.1 Å². The summed E-state index contributed by atoms with van der Waals surface area (Å²) >= 11 is 2.79. The number of halogens is 1. The van der Waals surface area contributed by atoms with Gasteiger partial charge in [0.25, 0.3) is 5.91 Å². The minimum absolute atomic E-state index is 0.284. The van der Waals surface area contributed by atoms with Crippen molar-refractivity contribution in [1.82, 2.24) is 9.97 Å². The Kier molecular flexibility index (Phi) is 5.22. The summed E-state index contributed by atoms with van der Waals surface area (Å²) in [4.78, 5) is 21.1. The number of hydrogen-bond acceptors (Lipinski definition) is 5. The van der Waals surface area contributed by atoms with Crippen molar-refractivity contribution < 1.29 is 9.18 Å². The molecule has 2 aromatic heterocycles. The van der Waals surface area contributed by atoms with E-state index in [1.165, 1.54) is 12.3 Å². The fourth-order valence-corrected chi connectivity index (χ4v) is 3.44. The van der Waals surface area contributed by atoms with Crippen LogP contribution < -0.4 is 5.32 Å². The third-order valence-corrected chi connectivity index (χ3v) is 4.98. The highest BCUT2D eigenvalue weighted by Crippen LogP contribution is 2.27. The van der Waals surface area contributed by atoms with Crippen LogP contribution in [0.1, 0.15) is 16.6 Å². The van der Waals surface area contributed by atoms with Crippen molar-refractivity contribution >= 4 is 34.7 Å². The molecule has 0 fully saturated rings. The molecule has 4 nitrogen and oxygen atoms in total. The van der Waals surface area contributed by atoms with Gasteiger partial charge in [0.05, 0.1) is 23.1 Å². The number of carbonyl (C=O) groups is 1. The van der Waals surface area contributed by atoms with E-state index in [0.29, 0.717) is 21.1 Å². The van der Waals surface area contributed by atoms with Crippen LogP contribution in [0.25, 0.3) is 10.6 Å². The summed E-state index contributed by atoms with van der Waals surface area (Å²) in [5.74, 6) is 0.304. The Morgan fingerprint density at radius 3 is 2.75 bits per heavy atom. The number of amides is 1. The van der Waals surface area contributed by atoms with Gasteiger partial charge in [0.15, 0.2) is 0 Å². The van der Waals surface area contributed by atoms with Crippen molar-refractivity contribution in [2.24, 2.45) is 0 Å². The Labute approximate surface area is 147 Å². The zero-order chi connectivity index (χ0) is 16.9. The lowest BCUT2D eigenvalue weighted by Gasteiger charge is -2.03. The van der Waals surface area contributed by atoms with Crippen LogP contribution in [0.3, 0.4) is 0 Å². The summed E-state index contributed by atoms with van der Waals surface area (Å²) in [6, 6.07) is 10.0. The van der Waals surface area contributed by atoms with Crippen molar-refractivity contribution in [2.75, 3.05) is 11.1 Å². The van der Waals surface area contributed by atoms with Crippen LogP contribution in [0.4, 0.5) is 10.1 Å². The van der Waals surface area contributed by atoms with Gasteiger partial charge >= 0.3 is 0 Å². The molecular formula is C17H14FN3OS2. The molecule has 0 spiro atoms. The van der Waals surface area contributed by atoms with Gasteiger partial charge in [-0.2, -0.15) is 0 Å². The van der Waals surface area contributed by atoms with Crippen molar-refractivity contribution in [2.45, 2.75) is 11.9 Å². The molecule has 0 radical (unpaired) electrons. The van der Waals surface area contributed by atoms with E-state index >= 15 is 0 Å². The minimum atomic E-state index is -0.355. The quantitative estimate of drug-likeness (QED) is 0.671. The predicted molar refractivity (Wildman–Crippen MR) is 96.1 cm³/mol. The summed E-state index contributed by atoms with van der Waals surface area (Å²) in [7, 11) is 0. The highest BCUT2D eigenvalue weighted by Gasteiger charge is 2.14. The molecule has 0 aliphatic rings. The number of hydrogen-bond donors (Lipinski definition) is 1. The SMILES string of the molecule is CCSc1ccc(NC(=O)c2cnc(-c3ccccc3F)s2)cn1. The van der Waals surface area contributed by atoms with Crippen molar-refractivity contribution in [3.05, 3.63) is 59.5 Å². The van der Waals surface area contributed by atoms with E-state index in [0.717, 1.165) is 22.1 Å². The van der Waals surface area contributed by atoms with Crippen molar-refractivity contribution in [3.8, 4) is 10.6 Å². The number of aromatic nitrogens is 2. The fraction of sp³-hybridized carbons (Fsp3) is 0.118. The predicted octanol–water partition coefficient (Wildman–Crippen LogP) is 4.71. The maximum absolute atomic E-state index is 13.8. The number of anilines is 1. The number of pyridine rings is 1. The van der Waals surface area contributed by atoms with E-state index in [2.05, 4.69) is 22.2 Å². The van der Waals surface area contributed by atoms with E-state index in [1.807, 2.05) is 12.1 Å². The molecule has 1 amide bonds. The molecule has 1 N–H and O–H groups in total. The number of nitrogens with zero attached hydrogens (tertiary/aromatic N) is 2. The van der Waals surface area contributed by atoms with E-state index in [1.54, 1.807) is 36.2 Å². The number of thiazole rings is 1. The van der Waals surface area contributed by atoms with Gasteiger partial charge < -0.3 is 5.32 Å². The molecule has 2 heterocycles. The lowest BCUT2D eigenvalue weighted by Crippen LogP contribution is -2.10. The van der Waals surface area contributed by atoms with E-state index in [9.17, 15) is 9.18 Å². The van der Waals surface area contributed by atoms with Gasteiger partial charge in [-0.05, 0) is 30.0 Å². The molecule has 122 valence electrons. The lowest BCUT2D eigenvalue weighted by molar-refractivity contribution is 0.103. The largest absolute Gasteiger partial charge is 0.320 e. The average molecular weight is 359 g/mol. The van der Waals surface area contributed by atoms with Crippen LogP contribution in [-0.2, 0) is 0 Å². The summed E-state index contributed by atoms with van der Waals surface area (Å²) in [5.41, 5.74) is 1.01. The van der Waals surface area contributed by atoms with Crippen LogP contribution in [-0.4, -0.2) is 21.6 Å². The molecule has 0 saturated carbocycles. The zero-order valence-corrected chi connectivity index (χ0v) is 14.5. The van der Waals surface area contributed by atoms with E-state index in [-0.39, 0.29) is 11.7 Å². The molecule has 24 heavy (non-hydrogen) atoms. The van der Waals surface area contributed by atoms with Crippen LogP contribution in [0, 0.1) is 5.82 Å². The summed E-state index contributed by atoms with van der Waals surface area (Å²) < 4.78 is 13.8. The third-order valence-electron chi connectivity index (χ3n) is 3.12. The second kappa shape index (κ2) is 7.55. The molecule has 0 unspecified atom stereocenters. The smallest absolute Gasteiger partial charge is 0.267 e. The molecule has 3 aromatic rings. The number of rotatable bonds is 5. The van der Waals surface area contributed by atoms with Crippen LogP contribution in [0.15, 0.2) is 53.8 Å². The molecule has 0 bridgehead atoms. The maximum atomic E-state index is 13.8. The summed E-state index contributed by atoms with van der Waals surface area (Å²) in [6.07, 6.45) is 3.07. The second-order valence-electron chi connectivity index (χ2n) is 4.78. The van der Waals surface area contributed by atoms with Gasteiger partial charge in [-0.3, -0.25) is 4.79 Å². The first-order valence-corrected chi connectivity index (χ1v) is 9.08. The molecule has 0 aliphatic carbocycles. The number of thioether (sulfide) groups is 1. The minimum Gasteiger partial charge on any atom is -0.320 e. The van der Waals surface area contributed by atoms with Gasteiger partial charge in [-0.15, -0.1) is 23.1 Å². The fourth-order valence-electron chi connectivity index (χ4n) is 2.02. The van der Waals surface area contributed by atoms with E-state index < -0.39 is 0 Å². The Morgan fingerprint density at radius 1 is 1.21 bits per heavy atom. The average Bonchev–Trinajstić information content (AvgIpc) is 3.07. The molecule has 0 saturated heterocycles. The lowest BCUT2D eigenvalue weighted by atomic mass is 10.2. The first-order valence-electron chi connectivity index (χ1n) is 7.28. The van der Waals surface area contributed by atoms with E-state index in [4.69, 9.17) is 0 Å². The molecular weight excluding hydrogens is 345 g/mol. The van der Waals surface area contributed by atoms with Gasteiger partial charge in [-0.1, -0.05) is 19.1 Å². The number of carbonyl (C=O) groups excluding carboxylic acids is 1. The molecule has 7 heteroatoms. The zero-order valence-electron chi connectivity index (χ0n) is 12.8. The monoisotopic (exact) mass is 359 g/mol. The van der Waals surface area contributed by atoms with Crippen molar-refractivity contribution in [3.63, 3.8) is 0 Å². The number of nitrogens with one attached hydrogen (secondary N) is 1. The third kappa shape index (κ3) is 3.80. The van der Waals surface area contributed by atoms with Crippen molar-refractivity contribution in [1.29, 1.82) is 0 Å². The molecule has 0 atom stereocenters. The standard InChI is InChI=1S/C17H14FN3OS2/c1-2-23-15-8-7-11(9-19-15)21-16(22)14-10-20-17(24-14)12-5-3-4-6-13(12)18/h3-10H,2H2,1H3,(H,21,22). The first-order chi connectivity index (χ1) is 11.7. The van der Waals surface area contributed by atoms with Gasteiger partial charge in [0.1, 0.15) is 15.7 Å². The highest BCUT2D eigenvalue weighted by molar-refractivity contribution is 7.99. The number of benzene rings is 1. The second-order valence-corrected chi connectivity index (χ2v) is 7.10. The van der Waals surface area contributed by atoms with Crippen LogP contribution in [0.5, 0.6) is 0 Å². The summed E-state index contributed by atoms with van der Waals surface area (Å²) in [5, 5.41) is 4.16. The topological polar surface area (TPSA) is 54.9 Å². The van der Waals surface area contributed by atoms with Crippen LogP contribution in [0.2, 0.25) is 0 Å². The van der Waals surface area contributed by atoms with Gasteiger partial charge in [-0.25, -0.2) is 14.4 Å². The molecule has 0 aliphatic heterocycles. The Hall–Kier alpha value is -2.25. The normalized spacial score (nSPS) is 10.6. The maximum Gasteiger partial charge on any atom is 0.267 e. The Morgan fingerprint density at radius 2 is 2.04 bits per heavy atom. The Bertz CT molecular complexity index is 849. The first kappa shape index (κ1) is 16.6. The molecule has 3 rings (SSSR count). The Balaban J connectivity index is 1.73. The molecule has 1 aromatic carbocycles. The summed E-state index contributed by atoms with van der Waals surface area (Å²) in [6.45, 7) is 2.05. The highest BCUT2D eigenvalue weighted by atomic mass is 32.2. The van der Waals surface area contributed by atoms with Gasteiger partial charge in [0, 0.05) is 5.56 Å². The van der Waals surface area contributed by atoms with Gasteiger partial charge in [0.2, 0.25) is 0 Å².